The van der Waals surface area contributed by atoms with Gasteiger partial charge in [0.05, 0.1) is 10.5 Å². The summed E-state index contributed by atoms with van der Waals surface area (Å²) in [6, 6.07) is 0. The van der Waals surface area contributed by atoms with Crippen molar-refractivity contribution >= 4 is 17.3 Å². The Balaban J connectivity index is 2.85. The third-order valence-electron chi connectivity index (χ3n) is 2.25. The molecule has 8 nitrogen and oxygen atoms in total. The highest BCUT2D eigenvalue weighted by Gasteiger charge is 2.24. The number of nitro groups is 1. The van der Waals surface area contributed by atoms with Crippen molar-refractivity contribution in [3.05, 3.63) is 16.4 Å². The van der Waals surface area contributed by atoms with E-state index in [0.29, 0.717) is 13.2 Å². The molecule has 3 N–H and O–H groups in total. The van der Waals surface area contributed by atoms with E-state index in [1.165, 1.54) is 6.33 Å². The normalized spacial score (nSPS) is 11.3. The molecule has 0 aromatic carbocycles. The quantitative estimate of drug-likeness (QED) is 0.579. The van der Waals surface area contributed by atoms with Gasteiger partial charge in [-0.25, -0.2) is 9.97 Å². The second kappa shape index (κ2) is 5.58. The first-order valence-electron chi connectivity index (χ1n) is 5.50. The van der Waals surface area contributed by atoms with Crippen LogP contribution < -0.4 is 11.1 Å². The molecule has 1 rings (SSSR count). The number of nitrogens with two attached hydrogens (primary N) is 1. The van der Waals surface area contributed by atoms with E-state index in [9.17, 15) is 10.1 Å². The van der Waals surface area contributed by atoms with Crippen LogP contribution in [-0.2, 0) is 4.74 Å². The second-order valence-corrected chi connectivity index (χ2v) is 4.26. The molecule has 0 saturated heterocycles. The maximum atomic E-state index is 10.9. The van der Waals surface area contributed by atoms with E-state index in [4.69, 9.17) is 10.5 Å². The van der Waals surface area contributed by atoms with Crippen molar-refractivity contribution < 1.29 is 9.66 Å². The van der Waals surface area contributed by atoms with Crippen molar-refractivity contribution in [2.24, 2.45) is 0 Å². The summed E-state index contributed by atoms with van der Waals surface area (Å²) in [5.74, 6) is -0.0630. The Morgan fingerprint density at radius 3 is 2.78 bits per heavy atom. The highest BCUT2D eigenvalue weighted by Crippen LogP contribution is 2.26. The summed E-state index contributed by atoms with van der Waals surface area (Å²) in [5, 5.41) is 13.7. The molecule has 0 saturated carbocycles. The van der Waals surface area contributed by atoms with Crippen LogP contribution in [0.25, 0.3) is 0 Å². The molecule has 0 fully saturated rings. The summed E-state index contributed by atoms with van der Waals surface area (Å²) in [5.41, 5.74) is 4.69. The lowest BCUT2D eigenvalue weighted by Gasteiger charge is -2.24. The molecule has 0 bridgehead atoms. The van der Waals surface area contributed by atoms with Gasteiger partial charge in [0.15, 0.2) is 0 Å². The van der Waals surface area contributed by atoms with Crippen LogP contribution >= 0.6 is 0 Å². The topological polar surface area (TPSA) is 116 Å². The number of nitrogens with one attached hydrogen (secondary N) is 1. The zero-order chi connectivity index (χ0) is 13.8. The smallest absolute Gasteiger partial charge is 0.352 e. The van der Waals surface area contributed by atoms with Crippen LogP contribution in [0.5, 0.6) is 0 Å². The minimum absolute atomic E-state index is 0.0975. The maximum absolute atomic E-state index is 10.9. The van der Waals surface area contributed by atoms with Gasteiger partial charge in [-0.15, -0.1) is 0 Å². The molecule has 0 aliphatic carbocycles. The molecular formula is C10H17N5O3. The van der Waals surface area contributed by atoms with Crippen molar-refractivity contribution in [3.63, 3.8) is 0 Å². The molecule has 0 unspecified atom stereocenters. The SMILES string of the molecule is CCOC(C)(C)CNc1ncnc(N)c1[N+](=O)[O-]. The van der Waals surface area contributed by atoms with Crippen molar-refractivity contribution in [1.82, 2.24) is 9.97 Å². The zero-order valence-corrected chi connectivity index (χ0v) is 10.6. The number of nitrogen functional groups attached to an aromatic ring is 1. The van der Waals surface area contributed by atoms with E-state index >= 15 is 0 Å². The molecule has 18 heavy (non-hydrogen) atoms. The zero-order valence-electron chi connectivity index (χ0n) is 10.6. The van der Waals surface area contributed by atoms with Gasteiger partial charge in [0.2, 0.25) is 11.6 Å². The molecular weight excluding hydrogens is 238 g/mol. The fraction of sp³-hybridized carbons (Fsp3) is 0.600. The van der Waals surface area contributed by atoms with Crippen LogP contribution in [0.1, 0.15) is 20.8 Å². The lowest BCUT2D eigenvalue weighted by molar-refractivity contribution is -0.383. The Morgan fingerprint density at radius 1 is 1.56 bits per heavy atom. The molecule has 0 atom stereocenters. The number of hydrogen-bond donors (Lipinski definition) is 2. The van der Waals surface area contributed by atoms with Crippen LogP contribution in [0.4, 0.5) is 17.3 Å². The van der Waals surface area contributed by atoms with E-state index in [2.05, 4.69) is 15.3 Å². The fourth-order valence-electron chi connectivity index (χ4n) is 1.44. The van der Waals surface area contributed by atoms with E-state index in [1.807, 2.05) is 20.8 Å². The average molecular weight is 255 g/mol. The number of ether oxygens (including phenoxy) is 1. The number of aromatic nitrogens is 2. The molecule has 1 heterocycles. The number of anilines is 2. The Labute approximate surface area is 105 Å². The van der Waals surface area contributed by atoms with Gasteiger partial charge in [-0.1, -0.05) is 0 Å². The summed E-state index contributed by atoms with van der Waals surface area (Å²) in [7, 11) is 0. The second-order valence-electron chi connectivity index (χ2n) is 4.26. The molecule has 0 aliphatic rings. The molecule has 0 spiro atoms. The van der Waals surface area contributed by atoms with Gasteiger partial charge < -0.3 is 15.8 Å². The van der Waals surface area contributed by atoms with Crippen LogP contribution in [0.2, 0.25) is 0 Å². The molecule has 0 radical (unpaired) electrons. The maximum Gasteiger partial charge on any atom is 0.352 e. The lowest BCUT2D eigenvalue weighted by Crippen LogP contribution is -2.33. The Bertz CT molecular complexity index is 436. The Hall–Kier alpha value is -1.96. The summed E-state index contributed by atoms with van der Waals surface area (Å²) < 4.78 is 5.47. The van der Waals surface area contributed by atoms with E-state index in [0.717, 1.165) is 0 Å². The van der Waals surface area contributed by atoms with Crippen LogP contribution in [0.15, 0.2) is 6.33 Å². The van der Waals surface area contributed by atoms with Crippen molar-refractivity contribution in [2.75, 3.05) is 24.2 Å². The minimum Gasteiger partial charge on any atom is -0.378 e. The number of nitrogens with zero attached hydrogens (tertiary/aromatic N) is 3. The van der Waals surface area contributed by atoms with E-state index in [-0.39, 0.29) is 17.3 Å². The standard InChI is InChI=1S/C10H17N5O3/c1-4-18-10(2,3)5-12-9-7(15(16)17)8(11)13-6-14-9/h6H,4-5H2,1-3H3,(H3,11,12,13,14). The van der Waals surface area contributed by atoms with Gasteiger partial charge >= 0.3 is 5.69 Å². The third-order valence-corrected chi connectivity index (χ3v) is 2.25. The van der Waals surface area contributed by atoms with Crippen LogP contribution in [-0.4, -0.2) is 33.6 Å². The predicted octanol–water partition coefficient (Wildman–Crippen LogP) is 1.19. The molecule has 0 aliphatic heterocycles. The van der Waals surface area contributed by atoms with Crippen molar-refractivity contribution in [1.29, 1.82) is 0 Å². The number of hydrogen-bond acceptors (Lipinski definition) is 7. The predicted molar refractivity (Wildman–Crippen MR) is 67.3 cm³/mol. The molecule has 0 amide bonds. The summed E-state index contributed by atoms with van der Waals surface area (Å²) in [6.45, 7) is 6.56. The molecule has 1 aromatic rings. The first-order valence-corrected chi connectivity index (χ1v) is 5.50. The first kappa shape index (κ1) is 14.1. The third kappa shape index (κ3) is 3.52. The van der Waals surface area contributed by atoms with E-state index < -0.39 is 10.5 Å². The molecule has 100 valence electrons. The fourth-order valence-corrected chi connectivity index (χ4v) is 1.44. The van der Waals surface area contributed by atoms with Gasteiger partial charge in [0.1, 0.15) is 6.33 Å². The minimum atomic E-state index is -0.606. The van der Waals surface area contributed by atoms with Gasteiger partial charge in [-0.05, 0) is 20.8 Å². The van der Waals surface area contributed by atoms with Crippen molar-refractivity contribution in [3.8, 4) is 0 Å². The van der Waals surface area contributed by atoms with Crippen molar-refractivity contribution in [2.45, 2.75) is 26.4 Å². The van der Waals surface area contributed by atoms with Gasteiger partial charge in [0.25, 0.3) is 0 Å². The van der Waals surface area contributed by atoms with Gasteiger partial charge in [-0.2, -0.15) is 0 Å². The Morgan fingerprint density at radius 2 is 2.22 bits per heavy atom. The van der Waals surface area contributed by atoms with E-state index in [1.54, 1.807) is 0 Å². The molecule has 8 heteroatoms. The summed E-state index contributed by atoms with van der Waals surface area (Å²) >= 11 is 0. The van der Waals surface area contributed by atoms with Gasteiger partial charge in [-0.3, -0.25) is 10.1 Å². The van der Waals surface area contributed by atoms with Gasteiger partial charge in [0, 0.05) is 13.2 Å². The van der Waals surface area contributed by atoms with Crippen LogP contribution in [0.3, 0.4) is 0 Å². The Kier molecular flexibility index (Phi) is 4.38. The molecule has 1 aromatic heterocycles. The lowest BCUT2D eigenvalue weighted by atomic mass is 10.1. The average Bonchev–Trinajstić information content (AvgIpc) is 2.26. The van der Waals surface area contributed by atoms with Crippen LogP contribution in [0, 0.1) is 10.1 Å². The highest BCUT2D eigenvalue weighted by molar-refractivity contribution is 5.67. The monoisotopic (exact) mass is 255 g/mol. The highest BCUT2D eigenvalue weighted by atomic mass is 16.6. The first-order chi connectivity index (χ1) is 8.37. The number of rotatable bonds is 6. The summed E-state index contributed by atoms with van der Waals surface area (Å²) in [4.78, 5) is 17.7. The summed E-state index contributed by atoms with van der Waals surface area (Å²) in [6.07, 6.45) is 1.18. The largest absolute Gasteiger partial charge is 0.378 e.